The summed E-state index contributed by atoms with van der Waals surface area (Å²) in [6.07, 6.45) is 1.71. The molecule has 0 bridgehead atoms. The number of nitrogens with one attached hydrogen (secondary N) is 1. The van der Waals surface area contributed by atoms with Gasteiger partial charge in [0.2, 0.25) is 5.89 Å². The highest BCUT2D eigenvalue weighted by molar-refractivity contribution is 6.05. The Hall–Kier alpha value is -4.79. The molecule has 3 aromatic carbocycles. The summed E-state index contributed by atoms with van der Waals surface area (Å²) in [5.74, 6) is -2.37. The maximum Gasteiger partial charge on any atom is 0.326 e. The van der Waals surface area contributed by atoms with Gasteiger partial charge in [-0.3, -0.25) is 4.79 Å². The van der Waals surface area contributed by atoms with Crippen molar-refractivity contribution in [1.82, 2.24) is 10.3 Å². The Bertz CT molecular complexity index is 1510. The van der Waals surface area contributed by atoms with Crippen molar-refractivity contribution in [3.05, 3.63) is 119 Å². The van der Waals surface area contributed by atoms with E-state index in [1.807, 2.05) is 37.3 Å². The number of allylic oxidation sites excluding steroid dienone is 2. The second-order valence-corrected chi connectivity index (χ2v) is 9.16. The summed E-state index contributed by atoms with van der Waals surface area (Å²) in [7, 11) is 0. The molecule has 9 heteroatoms. The number of ketones is 1. The van der Waals surface area contributed by atoms with Gasteiger partial charge in [-0.15, -0.1) is 0 Å². The van der Waals surface area contributed by atoms with Crippen LogP contribution in [0.5, 0.6) is 5.75 Å². The molecule has 1 atom stereocenters. The van der Waals surface area contributed by atoms with Gasteiger partial charge in [0.25, 0.3) is 0 Å². The topological polar surface area (TPSA) is 102 Å². The molecule has 4 rings (SSSR count). The third-order valence-electron chi connectivity index (χ3n) is 6.15. The molecule has 0 aliphatic carbocycles. The van der Waals surface area contributed by atoms with Gasteiger partial charge in [0.05, 0.1) is 17.9 Å². The van der Waals surface area contributed by atoms with E-state index in [2.05, 4.69) is 10.3 Å². The summed E-state index contributed by atoms with van der Waals surface area (Å²) >= 11 is 0. The number of aromatic nitrogens is 1. The highest BCUT2D eigenvalue weighted by Crippen LogP contribution is 2.22. The number of hydrogen-bond acceptors (Lipinski definition) is 6. The Balaban J connectivity index is 1.31. The Labute approximate surface area is 230 Å². The van der Waals surface area contributed by atoms with Crippen LogP contribution >= 0.6 is 0 Å². The average Bonchev–Trinajstić information content (AvgIpc) is 3.31. The number of carbonyl (C=O) groups is 2. The second kappa shape index (κ2) is 12.8. The molecule has 0 fully saturated rings. The normalized spacial score (nSPS) is 12.2. The molecule has 2 N–H and O–H groups in total. The molecule has 1 aromatic heterocycles. The van der Waals surface area contributed by atoms with Gasteiger partial charge in [0.1, 0.15) is 17.6 Å². The number of aliphatic carboxylic acids is 1. The van der Waals surface area contributed by atoms with Crippen LogP contribution in [0, 0.1) is 18.6 Å². The number of carboxylic acid groups (broad SMARTS) is 1. The molecule has 40 heavy (non-hydrogen) atoms. The van der Waals surface area contributed by atoms with Crippen molar-refractivity contribution >= 4 is 11.8 Å². The maximum atomic E-state index is 13.9. The van der Waals surface area contributed by atoms with Crippen LogP contribution in [0.15, 0.2) is 89.0 Å². The summed E-state index contributed by atoms with van der Waals surface area (Å²) < 4.78 is 39.0. The van der Waals surface area contributed by atoms with Crippen molar-refractivity contribution in [2.24, 2.45) is 0 Å². The number of benzene rings is 3. The predicted molar refractivity (Wildman–Crippen MR) is 145 cm³/mol. The number of nitrogens with zero attached hydrogens (tertiary/aromatic N) is 1. The highest BCUT2D eigenvalue weighted by atomic mass is 19.2. The first-order chi connectivity index (χ1) is 19.2. The molecule has 0 aliphatic heterocycles. The van der Waals surface area contributed by atoms with Crippen LogP contribution < -0.4 is 10.1 Å². The van der Waals surface area contributed by atoms with E-state index in [0.29, 0.717) is 24.7 Å². The monoisotopic (exact) mass is 546 g/mol. The summed E-state index contributed by atoms with van der Waals surface area (Å²) in [6, 6.07) is 18.9. The number of hydrogen-bond donors (Lipinski definition) is 2. The number of rotatable bonds is 12. The van der Waals surface area contributed by atoms with Crippen molar-refractivity contribution in [2.45, 2.75) is 32.7 Å². The zero-order valence-electron chi connectivity index (χ0n) is 22.0. The first-order valence-electron chi connectivity index (χ1n) is 12.6. The SMILES string of the molecule is C/C(=C/C(=O)c1cccc(F)c1F)NC(Cc1ccc(OCCc2nc(-c3ccccc3)oc2C)cc1)C(=O)O. The van der Waals surface area contributed by atoms with Crippen molar-refractivity contribution in [2.75, 3.05) is 6.61 Å². The summed E-state index contributed by atoms with van der Waals surface area (Å²) in [6.45, 7) is 3.73. The van der Waals surface area contributed by atoms with E-state index in [4.69, 9.17) is 9.15 Å². The van der Waals surface area contributed by atoms with Crippen LogP contribution in [0.3, 0.4) is 0 Å². The van der Waals surface area contributed by atoms with Gasteiger partial charge in [-0.1, -0.05) is 36.4 Å². The minimum atomic E-state index is -1.25. The molecule has 0 aliphatic rings. The highest BCUT2D eigenvalue weighted by Gasteiger charge is 2.19. The Kier molecular flexibility index (Phi) is 9.06. The molecule has 1 heterocycles. The molecule has 0 saturated carbocycles. The molecule has 4 aromatic rings. The fourth-order valence-electron chi connectivity index (χ4n) is 4.07. The maximum absolute atomic E-state index is 13.9. The van der Waals surface area contributed by atoms with Gasteiger partial charge in [-0.2, -0.15) is 0 Å². The number of oxazole rings is 1. The van der Waals surface area contributed by atoms with Crippen LogP contribution in [0.25, 0.3) is 11.5 Å². The van der Waals surface area contributed by atoms with E-state index in [0.717, 1.165) is 40.8 Å². The van der Waals surface area contributed by atoms with Crippen molar-refractivity contribution < 1.29 is 32.6 Å². The molecular weight excluding hydrogens is 518 g/mol. The van der Waals surface area contributed by atoms with Gasteiger partial charge in [-0.25, -0.2) is 18.6 Å². The van der Waals surface area contributed by atoms with Crippen molar-refractivity contribution in [3.63, 3.8) is 0 Å². The van der Waals surface area contributed by atoms with Gasteiger partial charge in [-0.05, 0) is 55.8 Å². The minimum Gasteiger partial charge on any atom is -0.493 e. The lowest BCUT2D eigenvalue weighted by Gasteiger charge is -2.16. The molecular formula is C31H28F2N2O5. The Morgan fingerprint density at radius 3 is 2.48 bits per heavy atom. The van der Waals surface area contributed by atoms with Crippen LogP contribution in [-0.4, -0.2) is 34.5 Å². The zero-order chi connectivity index (χ0) is 28.6. The third kappa shape index (κ3) is 7.19. The predicted octanol–water partition coefficient (Wildman–Crippen LogP) is 5.92. The lowest BCUT2D eigenvalue weighted by Crippen LogP contribution is -2.37. The van der Waals surface area contributed by atoms with Crippen molar-refractivity contribution in [3.8, 4) is 17.2 Å². The second-order valence-electron chi connectivity index (χ2n) is 9.16. The first kappa shape index (κ1) is 28.2. The summed E-state index contributed by atoms with van der Waals surface area (Å²) in [5, 5.41) is 12.4. The third-order valence-corrected chi connectivity index (χ3v) is 6.15. The fraction of sp³-hybridized carbons (Fsp3) is 0.194. The van der Waals surface area contributed by atoms with E-state index >= 15 is 0 Å². The number of carboxylic acids is 1. The number of aryl methyl sites for hydroxylation is 1. The summed E-state index contributed by atoms with van der Waals surface area (Å²) in [4.78, 5) is 28.7. The van der Waals surface area contributed by atoms with Crippen LogP contribution in [0.1, 0.15) is 34.3 Å². The van der Waals surface area contributed by atoms with Crippen LogP contribution in [-0.2, 0) is 17.6 Å². The van der Waals surface area contributed by atoms with Crippen LogP contribution in [0.4, 0.5) is 8.78 Å². The van der Waals surface area contributed by atoms with Gasteiger partial charge in [0.15, 0.2) is 17.4 Å². The van der Waals surface area contributed by atoms with E-state index in [1.54, 1.807) is 24.3 Å². The molecule has 0 saturated heterocycles. The lowest BCUT2D eigenvalue weighted by molar-refractivity contribution is -0.139. The zero-order valence-corrected chi connectivity index (χ0v) is 22.0. The minimum absolute atomic E-state index is 0.115. The van der Waals surface area contributed by atoms with E-state index in [1.165, 1.54) is 13.0 Å². The van der Waals surface area contributed by atoms with Gasteiger partial charge >= 0.3 is 5.97 Å². The Morgan fingerprint density at radius 1 is 1.05 bits per heavy atom. The lowest BCUT2D eigenvalue weighted by atomic mass is 10.0. The standard InChI is InChI=1S/C31H28F2N2O5/c1-19(17-28(36)24-9-6-10-25(32)29(24)33)34-27(31(37)38)18-21-11-13-23(14-12-21)39-16-15-26-20(2)40-30(35-26)22-7-4-3-5-8-22/h3-14,17,27,34H,15-16,18H2,1-2H3,(H,37,38)/b19-17-. The first-order valence-corrected chi connectivity index (χ1v) is 12.6. The quantitative estimate of drug-likeness (QED) is 0.168. The number of ether oxygens (including phenoxy) is 1. The molecule has 0 spiro atoms. The summed E-state index contributed by atoms with van der Waals surface area (Å²) in [5.41, 5.74) is 2.22. The largest absolute Gasteiger partial charge is 0.493 e. The smallest absolute Gasteiger partial charge is 0.326 e. The average molecular weight is 547 g/mol. The number of carbonyl (C=O) groups excluding carboxylic acids is 1. The molecule has 0 radical (unpaired) electrons. The van der Waals surface area contributed by atoms with E-state index in [9.17, 15) is 23.5 Å². The van der Waals surface area contributed by atoms with Crippen molar-refractivity contribution in [1.29, 1.82) is 0 Å². The Morgan fingerprint density at radius 2 is 1.77 bits per heavy atom. The number of halogens is 2. The molecule has 7 nitrogen and oxygen atoms in total. The van der Waals surface area contributed by atoms with Gasteiger partial charge in [0, 0.05) is 30.2 Å². The molecule has 0 amide bonds. The van der Waals surface area contributed by atoms with E-state index in [-0.39, 0.29) is 12.1 Å². The fourth-order valence-corrected chi connectivity index (χ4v) is 4.07. The van der Waals surface area contributed by atoms with Crippen LogP contribution in [0.2, 0.25) is 0 Å². The van der Waals surface area contributed by atoms with Gasteiger partial charge < -0.3 is 19.6 Å². The molecule has 206 valence electrons. The molecule has 1 unspecified atom stereocenters. The van der Waals surface area contributed by atoms with E-state index < -0.39 is 35.0 Å².